The maximum absolute atomic E-state index is 11.6. The number of benzene rings is 1. The van der Waals surface area contributed by atoms with Crippen LogP contribution in [0.15, 0.2) is 30.3 Å². The highest BCUT2D eigenvalue weighted by atomic mass is 16.8. The van der Waals surface area contributed by atoms with E-state index < -0.39 is 43.2 Å². The van der Waals surface area contributed by atoms with E-state index in [0.717, 1.165) is 5.56 Å². The highest BCUT2D eigenvalue weighted by Gasteiger charge is 2.51. The lowest BCUT2D eigenvalue weighted by Gasteiger charge is -2.46. The molecule has 0 spiro atoms. The van der Waals surface area contributed by atoms with Gasteiger partial charge in [-0.2, -0.15) is 0 Å². The van der Waals surface area contributed by atoms with Crippen molar-refractivity contribution in [1.29, 1.82) is 0 Å². The first-order valence-corrected chi connectivity index (χ1v) is 8.15. The van der Waals surface area contributed by atoms with Crippen molar-refractivity contribution in [2.75, 3.05) is 20.3 Å². The summed E-state index contributed by atoms with van der Waals surface area (Å²) in [6.45, 7) is 2.03. The fourth-order valence-electron chi connectivity index (χ4n) is 2.92. The quantitative estimate of drug-likeness (QED) is 0.811. The molecule has 2 saturated heterocycles. The van der Waals surface area contributed by atoms with Crippen molar-refractivity contribution in [2.45, 2.75) is 43.9 Å². The predicted octanol–water partition coefficient (Wildman–Crippen LogP) is 1.37. The van der Waals surface area contributed by atoms with Crippen LogP contribution in [0.4, 0.5) is 4.79 Å². The van der Waals surface area contributed by atoms with Gasteiger partial charge in [0.2, 0.25) is 0 Å². The lowest BCUT2D eigenvalue weighted by Crippen LogP contribution is -2.63. The van der Waals surface area contributed by atoms with Gasteiger partial charge in [0.25, 0.3) is 0 Å². The van der Waals surface area contributed by atoms with Gasteiger partial charge in [0.1, 0.15) is 18.3 Å². The molecule has 3 rings (SSSR count). The third-order valence-corrected chi connectivity index (χ3v) is 4.11. The molecule has 2 aliphatic heterocycles. The number of hydrogen-bond acceptors (Lipinski definition) is 8. The van der Waals surface area contributed by atoms with Crippen molar-refractivity contribution in [3.63, 3.8) is 0 Å². The van der Waals surface area contributed by atoms with E-state index >= 15 is 0 Å². The summed E-state index contributed by atoms with van der Waals surface area (Å²) in [7, 11) is 1.40. The Balaban J connectivity index is 1.72. The van der Waals surface area contributed by atoms with E-state index in [1.807, 2.05) is 30.3 Å². The summed E-state index contributed by atoms with van der Waals surface area (Å²) >= 11 is 0. The number of carbonyl (C=O) groups is 1. The largest absolute Gasteiger partial charge is 0.508 e. The number of aliphatic hydroxyl groups is 1. The van der Waals surface area contributed by atoms with Gasteiger partial charge in [-0.25, -0.2) is 4.79 Å². The van der Waals surface area contributed by atoms with Crippen molar-refractivity contribution in [3.05, 3.63) is 35.9 Å². The van der Waals surface area contributed by atoms with E-state index in [1.165, 1.54) is 7.11 Å². The van der Waals surface area contributed by atoms with Crippen LogP contribution in [-0.4, -0.2) is 62.3 Å². The van der Waals surface area contributed by atoms with Gasteiger partial charge in [0, 0.05) is 12.7 Å². The topological polar surface area (TPSA) is 92.7 Å². The van der Waals surface area contributed by atoms with Crippen LogP contribution in [-0.2, 0) is 28.4 Å². The van der Waals surface area contributed by atoms with Crippen LogP contribution in [0.1, 0.15) is 18.8 Å². The monoisotopic (exact) mass is 354 g/mol. The number of rotatable bonds is 4. The van der Waals surface area contributed by atoms with Crippen molar-refractivity contribution < 1.29 is 38.3 Å². The van der Waals surface area contributed by atoms with Crippen molar-refractivity contribution in [2.24, 2.45) is 0 Å². The number of fused-ring (bicyclic) bond motifs is 1. The van der Waals surface area contributed by atoms with Crippen molar-refractivity contribution in [3.8, 4) is 0 Å². The Morgan fingerprint density at radius 1 is 1.28 bits per heavy atom. The lowest BCUT2D eigenvalue weighted by molar-refractivity contribution is -0.358. The van der Waals surface area contributed by atoms with Gasteiger partial charge in [-0.3, -0.25) is 0 Å². The van der Waals surface area contributed by atoms with Crippen LogP contribution in [0.25, 0.3) is 0 Å². The summed E-state index contributed by atoms with van der Waals surface area (Å²) in [5.41, 5.74) is 0.824. The Kier molecular flexibility index (Phi) is 5.87. The Morgan fingerprint density at radius 3 is 2.72 bits per heavy atom. The van der Waals surface area contributed by atoms with Crippen LogP contribution in [0.2, 0.25) is 0 Å². The molecular weight excluding hydrogens is 332 g/mol. The second-order valence-corrected chi connectivity index (χ2v) is 5.71. The maximum atomic E-state index is 11.6. The maximum Gasteiger partial charge on any atom is 0.508 e. The van der Waals surface area contributed by atoms with E-state index in [4.69, 9.17) is 28.4 Å². The zero-order chi connectivity index (χ0) is 17.8. The van der Waals surface area contributed by atoms with Gasteiger partial charge in [-0.1, -0.05) is 30.3 Å². The minimum atomic E-state index is -1.15. The average Bonchev–Trinajstić information content (AvgIpc) is 2.64. The summed E-state index contributed by atoms with van der Waals surface area (Å²) in [6, 6.07) is 9.36. The first kappa shape index (κ1) is 18.1. The number of hydrogen-bond donors (Lipinski definition) is 1. The molecule has 0 amide bonds. The first-order valence-electron chi connectivity index (χ1n) is 8.15. The summed E-state index contributed by atoms with van der Waals surface area (Å²) in [5.74, 6) is 0. The molecule has 0 unspecified atom stereocenters. The molecule has 8 heteroatoms. The zero-order valence-electron chi connectivity index (χ0n) is 14.1. The molecule has 2 aliphatic rings. The molecule has 0 saturated carbocycles. The normalized spacial score (nSPS) is 34.8. The van der Waals surface area contributed by atoms with Crippen LogP contribution < -0.4 is 0 Å². The highest BCUT2D eigenvalue weighted by molar-refractivity contribution is 5.60. The third kappa shape index (κ3) is 3.94. The van der Waals surface area contributed by atoms with E-state index in [0.29, 0.717) is 0 Å². The molecule has 6 atom stereocenters. The fraction of sp³-hybridized carbons (Fsp3) is 0.588. The summed E-state index contributed by atoms with van der Waals surface area (Å²) in [6.07, 6.45) is -5.97. The smallest absolute Gasteiger partial charge is 0.435 e. The Morgan fingerprint density at radius 2 is 2.04 bits per heavy atom. The average molecular weight is 354 g/mol. The number of carbonyl (C=O) groups excluding carboxylic acids is 1. The van der Waals surface area contributed by atoms with Crippen LogP contribution in [0.5, 0.6) is 0 Å². The molecule has 1 aromatic carbocycles. The second kappa shape index (κ2) is 8.11. The van der Waals surface area contributed by atoms with E-state index in [1.54, 1.807) is 6.92 Å². The van der Waals surface area contributed by atoms with Gasteiger partial charge in [0.15, 0.2) is 18.7 Å². The molecule has 0 bridgehead atoms. The molecule has 8 nitrogen and oxygen atoms in total. The molecule has 2 heterocycles. The van der Waals surface area contributed by atoms with Gasteiger partial charge in [0.05, 0.1) is 13.2 Å². The van der Waals surface area contributed by atoms with Crippen molar-refractivity contribution >= 4 is 6.16 Å². The first-order chi connectivity index (χ1) is 12.1. The number of ether oxygens (including phenoxy) is 6. The van der Waals surface area contributed by atoms with E-state index in [-0.39, 0.29) is 13.2 Å². The van der Waals surface area contributed by atoms with Crippen LogP contribution in [0.3, 0.4) is 0 Å². The summed E-state index contributed by atoms with van der Waals surface area (Å²) < 4.78 is 32.4. The predicted molar refractivity (Wildman–Crippen MR) is 83.6 cm³/mol. The van der Waals surface area contributed by atoms with E-state index in [2.05, 4.69) is 0 Å². The third-order valence-electron chi connectivity index (χ3n) is 4.11. The minimum Gasteiger partial charge on any atom is -0.435 e. The molecule has 0 aromatic heterocycles. The Labute approximate surface area is 145 Å². The Bertz CT molecular complexity index is 565. The van der Waals surface area contributed by atoms with E-state index in [9.17, 15) is 9.90 Å². The molecule has 2 fully saturated rings. The van der Waals surface area contributed by atoms with Gasteiger partial charge >= 0.3 is 6.16 Å². The minimum absolute atomic E-state index is 0.159. The molecule has 1 N–H and O–H groups in total. The fourth-order valence-corrected chi connectivity index (χ4v) is 2.92. The summed E-state index contributed by atoms with van der Waals surface area (Å²) in [4.78, 5) is 11.6. The Hall–Kier alpha value is -1.71. The number of aliphatic hydroxyl groups excluding tert-OH is 1. The molecule has 0 radical (unpaired) electrons. The highest BCUT2D eigenvalue weighted by Crippen LogP contribution is 2.35. The number of methoxy groups -OCH3 is 1. The molecule has 138 valence electrons. The van der Waals surface area contributed by atoms with Crippen LogP contribution >= 0.6 is 0 Å². The zero-order valence-corrected chi connectivity index (χ0v) is 14.1. The van der Waals surface area contributed by atoms with Gasteiger partial charge < -0.3 is 33.5 Å². The molecular formula is C17H22O8. The SMILES string of the molecule is CCOC(=O)O[C@H]1[C@@H](OC)O[C@@H]2CO[C@H](c3ccccc3)O[C@@H]2[C@H]1O. The summed E-state index contributed by atoms with van der Waals surface area (Å²) in [5, 5.41) is 10.7. The second-order valence-electron chi connectivity index (χ2n) is 5.71. The lowest BCUT2D eigenvalue weighted by atomic mass is 9.97. The standard InChI is InChI=1S/C17H22O8/c1-3-21-17(19)25-14-12(18)13-11(23-16(14)20-2)9-22-15(24-13)10-7-5-4-6-8-10/h4-8,11-16,18H,3,9H2,1-2H3/t11-,12-,13+,14-,15+,16+/m1/s1. The molecule has 1 aromatic rings. The van der Waals surface area contributed by atoms with Crippen LogP contribution in [0, 0.1) is 0 Å². The van der Waals surface area contributed by atoms with Gasteiger partial charge in [-0.15, -0.1) is 0 Å². The molecule has 0 aliphatic carbocycles. The van der Waals surface area contributed by atoms with Gasteiger partial charge in [-0.05, 0) is 6.92 Å². The molecule has 25 heavy (non-hydrogen) atoms. The van der Waals surface area contributed by atoms with Crippen molar-refractivity contribution in [1.82, 2.24) is 0 Å².